The topological polar surface area (TPSA) is 139 Å². The van der Waals surface area contributed by atoms with Crippen molar-refractivity contribution in [3.8, 4) is 0 Å². The number of amides is 2. The highest BCUT2D eigenvalue weighted by atomic mass is 32.1. The van der Waals surface area contributed by atoms with E-state index >= 15 is 0 Å². The summed E-state index contributed by atoms with van der Waals surface area (Å²) in [6.45, 7) is 4.10. The van der Waals surface area contributed by atoms with Gasteiger partial charge in [0.15, 0.2) is 0 Å². The van der Waals surface area contributed by atoms with Gasteiger partial charge in [0.05, 0.1) is 28.6 Å². The van der Waals surface area contributed by atoms with Gasteiger partial charge in [0, 0.05) is 18.5 Å². The summed E-state index contributed by atoms with van der Waals surface area (Å²) in [6.07, 6.45) is 1.72. The lowest BCUT2D eigenvalue weighted by atomic mass is 10.0. The zero-order chi connectivity index (χ0) is 22.5. The molecule has 0 bridgehead atoms. The highest BCUT2D eigenvalue weighted by Gasteiger charge is 2.26. The van der Waals surface area contributed by atoms with Crippen LogP contribution in [0.1, 0.15) is 50.2 Å². The van der Waals surface area contributed by atoms with E-state index in [9.17, 15) is 14.4 Å². The molecule has 2 amide bonds. The molecule has 0 saturated carbocycles. The molecule has 0 radical (unpaired) electrons. The largest absolute Gasteiger partial charge is 0.467 e. The van der Waals surface area contributed by atoms with Crippen molar-refractivity contribution in [2.75, 3.05) is 13.7 Å². The summed E-state index contributed by atoms with van der Waals surface area (Å²) < 4.78 is 4.66. The molecule has 3 rings (SSSR count). The zero-order valence-electron chi connectivity index (χ0n) is 17.5. The lowest BCUT2D eigenvalue weighted by molar-refractivity contribution is -0.142. The fourth-order valence-corrected chi connectivity index (χ4v) is 4.28. The predicted molar refractivity (Wildman–Crippen MR) is 118 cm³/mol. The molecule has 2 heterocycles. The smallest absolute Gasteiger partial charge is 0.329 e. The number of fused-ring (bicyclic) bond motifs is 1. The van der Waals surface area contributed by atoms with Gasteiger partial charge < -0.3 is 21.1 Å². The third-order valence-electron chi connectivity index (χ3n) is 4.85. The van der Waals surface area contributed by atoms with Gasteiger partial charge >= 0.3 is 5.97 Å². The van der Waals surface area contributed by atoms with Gasteiger partial charge in [-0.25, -0.2) is 4.79 Å². The number of nitrogens with one attached hydrogen (secondary N) is 3. The van der Waals surface area contributed by atoms with Crippen LogP contribution < -0.4 is 16.4 Å². The normalized spacial score (nSPS) is 12.0. The Hall–Kier alpha value is -3.24. The zero-order valence-corrected chi connectivity index (χ0v) is 18.3. The van der Waals surface area contributed by atoms with Gasteiger partial charge in [0.25, 0.3) is 11.8 Å². The molecule has 5 N–H and O–H groups in total. The molecule has 0 saturated heterocycles. The molecule has 10 heteroatoms. The summed E-state index contributed by atoms with van der Waals surface area (Å²) in [6, 6.07) is 6.49. The van der Waals surface area contributed by atoms with Crippen LogP contribution in [0.5, 0.6) is 0 Å². The maximum Gasteiger partial charge on any atom is 0.329 e. The van der Waals surface area contributed by atoms with Gasteiger partial charge in [-0.15, -0.1) is 11.3 Å². The first kappa shape index (κ1) is 22.4. The van der Waals surface area contributed by atoms with Crippen molar-refractivity contribution in [2.24, 2.45) is 5.73 Å². The Labute approximate surface area is 183 Å². The van der Waals surface area contributed by atoms with Gasteiger partial charge in [-0.2, -0.15) is 5.10 Å². The van der Waals surface area contributed by atoms with Crippen LogP contribution >= 0.6 is 11.3 Å². The number of methoxy groups -OCH3 is 1. The molecule has 0 unspecified atom stereocenters. The second kappa shape index (κ2) is 9.71. The minimum atomic E-state index is -0.952. The van der Waals surface area contributed by atoms with Crippen LogP contribution in [-0.4, -0.2) is 47.7 Å². The van der Waals surface area contributed by atoms with Crippen LogP contribution in [0.4, 0.5) is 0 Å². The lowest BCUT2D eigenvalue weighted by Gasteiger charge is -2.15. The monoisotopic (exact) mass is 443 g/mol. The molecular weight excluding hydrogens is 418 g/mol. The Balaban J connectivity index is 1.77. The molecule has 1 atom stereocenters. The first-order valence-electron chi connectivity index (χ1n) is 9.77. The molecule has 0 fully saturated rings. The van der Waals surface area contributed by atoms with Crippen molar-refractivity contribution in [3.63, 3.8) is 0 Å². The number of nitrogens with zero attached hydrogens (tertiary/aromatic N) is 1. The summed E-state index contributed by atoms with van der Waals surface area (Å²) in [7, 11) is 1.23. The quantitative estimate of drug-likeness (QED) is 0.392. The van der Waals surface area contributed by atoms with Gasteiger partial charge in [-0.3, -0.25) is 14.7 Å². The SMILES string of the molecule is COC(=O)[C@H](CN)NC(=O)c1sc(C(=O)NCc2cccc3[nH]ncc23)cc1C(C)C. The number of H-pyrrole nitrogens is 1. The average Bonchev–Trinajstić information content (AvgIpc) is 3.42. The number of esters is 1. The van der Waals surface area contributed by atoms with Crippen LogP contribution in [0.2, 0.25) is 0 Å². The number of rotatable bonds is 8. The highest BCUT2D eigenvalue weighted by molar-refractivity contribution is 7.16. The van der Waals surface area contributed by atoms with Crippen LogP contribution in [0.3, 0.4) is 0 Å². The van der Waals surface area contributed by atoms with Crippen LogP contribution in [-0.2, 0) is 16.1 Å². The van der Waals surface area contributed by atoms with E-state index in [-0.39, 0.29) is 18.4 Å². The lowest BCUT2D eigenvalue weighted by Crippen LogP contribution is -2.46. The van der Waals surface area contributed by atoms with E-state index in [0.29, 0.717) is 16.3 Å². The van der Waals surface area contributed by atoms with Gasteiger partial charge in [-0.05, 0) is 29.2 Å². The number of carbonyl (C=O) groups is 3. The maximum absolute atomic E-state index is 12.8. The second-order valence-corrected chi connectivity index (χ2v) is 8.32. The first-order valence-corrected chi connectivity index (χ1v) is 10.6. The Bertz CT molecular complexity index is 1100. The number of thiophene rings is 1. The predicted octanol–water partition coefficient (Wildman–Crippen LogP) is 1.91. The van der Waals surface area contributed by atoms with E-state index in [2.05, 4.69) is 25.6 Å². The van der Waals surface area contributed by atoms with Gasteiger partial charge in [-0.1, -0.05) is 26.0 Å². The van der Waals surface area contributed by atoms with E-state index in [1.807, 2.05) is 32.0 Å². The highest BCUT2D eigenvalue weighted by Crippen LogP contribution is 2.29. The van der Waals surface area contributed by atoms with Crippen LogP contribution in [0.15, 0.2) is 30.5 Å². The van der Waals surface area contributed by atoms with Crippen LogP contribution in [0.25, 0.3) is 10.9 Å². The molecule has 1 aromatic carbocycles. The Morgan fingerprint density at radius 3 is 2.71 bits per heavy atom. The molecule has 0 aliphatic rings. The molecule has 164 valence electrons. The molecule has 9 nitrogen and oxygen atoms in total. The number of hydrogen-bond donors (Lipinski definition) is 4. The number of benzene rings is 1. The number of aromatic nitrogens is 2. The standard InChI is InChI=1S/C21H25N5O4S/c1-11(2)13-7-17(31-18(13)20(28)25-16(8-22)21(29)30-3)19(27)23-9-12-5-4-6-15-14(12)10-24-26-15/h4-7,10-11,16H,8-9,22H2,1-3H3,(H,23,27)(H,24,26)(H,25,28)/t16-/m0/s1. The Morgan fingerprint density at radius 2 is 2.03 bits per heavy atom. The van der Waals surface area contributed by atoms with Crippen molar-refractivity contribution < 1.29 is 19.1 Å². The number of carbonyl (C=O) groups excluding carboxylic acids is 3. The molecule has 0 aliphatic heterocycles. The summed E-state index contributed by atoms with van der Waals surface area (Å²) in [5, 5.41) is 13.4. The molecular formula is C21H25N5O4S. The Morgan fingerprint density at radius 1 is 1.26 bits per heavy atom. The first-order chi connectivity index (χ1) is 14.8. The Kier molecular flexibility index (Phi) is 7.03. The minimum Gasteiger partial charge on any atom is -0.467 e. The van der Waals surface area contributed by atoms with Crippen molar-refractivity contribution in [1.82, 2.24) is 20.8 Å². The second-order valence-electron chi connectivity index (χ2n) is 7.27. The number of ether oxygens (including phenoxy) is 1. The summed E-state index contributed by atoms with van der Waals surface area (Å²) in [5.74, 6) is -1.36. The minimum absolute atomic E-state index is 0.00711. The summed E-state index contributed by atoms with van der Waals surface area (Å²) in [5.41, 5.74) is 8.12. The molecule has 2 aromatic heterocycles. The summed E-state index contributed by atoms with van der Waals surface area (Å²) in [4.78, 5) is 38.1. The third kappa shape index (κ3) is 4.92. The average molecular weight is 444 g/mol. The van der Waals surface area contributed by atoms with Gasteiger partial charge in [0.2, 0.25) is 0 Å². The van der Waals surface area contributed by atoms with Crippen molar-refractivity contribution in [3.05, 3.63) is 51.3 Å². The van der Waals surface area contributed by atoms with E-state index in [4.69, 9.17) is 5.73 Å². The molecule has 0 spiro atoms. The maximum atomic E-state index is 12.8. The van der Waals surface area contributed by atoms with E-state index in [0.717, 1.165) is 33.4 Å². The summed E-state index contributed by atoms with van der Waals surface area (Å²) >= 11 is 1.08. The fourth-order valence-electron chi connectivity index (χ4n) is 3.15. The van der Waals surface area contributed by atoms with Crippen molar-refractivity contribution >= 4 is 40.0 Å². The number of aromatic amines is 1. The van der Waals surface area contributed by atoms with E-state index < -0.39 is 17.9 Å². The van der Waals surface area contributed by atoms with Crippen LogP contribution in [0, 0.1) is 0 Å². The fraction of sp³-hybridized carbons (Fsp3) is 0.333. The third-order valence-corrected chi connectivity index (χ3v) is 6.00. The van der Waals surface area contributed by atoms with Gasteiger partial charge in [0.1, 0.15) is 6.04 Å². The van der Waals surface area contributed by atoms with E-state index in [1.54, 1.807) is 12.3 Å². The van der Waals surface area contributed by atoms with Crippen molar-refractivity contribution in [2.45, 2.75) is 32.4 Å². The molecule has 31 heavy (non-hydrogen) atoms. The number of nitrogens with two attached hydrogens (primary N) is 1. The van der Waals surface area contributed by atoms with Crippen molar-refractivity contribution in [1.29, 1.82) is 0 Å². The molecule has 3 aromatic rings. The molecule has 0 aliphatic carbocycles. The van der Waals surface area contributed by atoms with E-state index in [1.165, 1.54) is 7.11 Å². The number of hydrogen-bond acceptors (Lipinski definition) is 7.